The van der Waals surface area contributed by atoms with E-state index in [-0.39, 0.29) is 11.9 Å². The summed E-state index contributed by atoms with van der Waals surface area (Å²) >= 11 is 0. The van der Waals surface area contributed by atoms with E-state index in [0.29, 0.717) is 39.1 Å². The number of carbonyl (C=O) groups excluding carboxylic acids is 2. The van der Waals surface area contributed by atoms with E-state index in [1.807, 2.05) is 0 Å². The summed E-state index contributed by atoms with van der Waals surface area (Å²) in [6.45, 7) is 10.3. The van der Waals surface area contributed by atoms with Crippen LogP contribution in [0.4, 0.5) is 0 Å². The van der Waals surface area contributed by atoms with Gasteiger partial charge in [0.15, 0.2) is 0 Å². The lowest BCUT2D eigenvalue weighted by Gasteiger charge is -2.22. The Bertz CT molecular complexity index is 590. The van der Waals surface area contributed by atoms with Crippen LogP contribution in [0.15, 0.2) is 0 Å². The van der Waals surface area contributed by atoms with Crippen molar-refractivity contribution >= 4 is 11.9 Å². The second-order valence-electron chi connectivity index (χ2n) is 13.5. The zero-order valence-electron chi connectivity index (χ0n) is 30.9. The predicted octanol–water partition coefficient (Wildman–Crippen LogP) is 9.50. The van der Waals surface area contributed by atoms with Crippen molar-refractivity contribution in [2.45, 2.75) is 187 Å². The van der Waals surface area contributed by atoms with E-state index >= 15 is 0 Å². The Balaban J connectivity index is 4.04. The van der Waals surface area contributed by atoms with Gasteiger partial charge in [0.2, 0.25) is 0 Å². The van der Waals surface area contributed by atoms with Crippen LogP contribution in [0.5, 0.6) is 0 Å². The molecule has 7 heteroatoms. The lowest BCUT2D eigenvalue weighted by atomic mass is 10.1. The molecule has 0 radical (unpaired) electrons. The number of rotatable bonds is 38. The van der Waals surface area contributed by atoms with E-state index in [2.05, 4.69) is 24.1 Å². The lowest BCUT2D eigenvalue weighted by Crippen LogP contribution is -2.33. The maximum absolute atomic E-state index is 12.3. The number of unbranched alkanes of at least 4 members (excludes halogenated alkanes) is 21. The molecule has 0 fully saturated rings. The molecule has 0 rings (SSSR count). The van der Waals surface area contributed by atoms with E-state index in [0.717, 1.165) is 71.1 Å². The first-order valence-electron chi connectivity index (χ1n) is 20.1. The molecule has 0 bridgehead atoms. The smallest absolute Gasteiger partial charge is 0.305 e. The number of hydrogen-bond acceptors (Lipinski definition) is 7. The summed E-state index contributed by atoms with van der Waals surface area (Å²) in [6, 6.07) is 0. The molecule has 0 aliphatic heterocycles. The largest absolute Gasteiger partial charge is 0.464 e. The summed E-state index contributed by atoms with van der Waals surface area (Å²) in [7, 11) is 0. The van der Waals surface area contributed by atoms with E-state index in [1.54, 1.807) is 0 Å². The molecule has 3 N–H and O–H groups in total. The fourth-order valence-corrected chi connectivity index (χ4v) is 5.86. The van der Waals surface area contributed by atoms with Crippen LogP contribution in [-0.2, 0) is 19.1 Å². The van der Waals surface area contributed by atoms with Gasteiger partial charge in [-0.25, -0.2) is 0 Å². The third-order valence-electron chi connectivity index (χ3n) is 8.95. The molecule has 7 nitrogen and oxygen atoms in total. The molecule has 0 aromatic rings. The molecule has 0 aliphatic rings. The standard InChI is InChI=1S/C39H79N3O4/c1-3-5-7-9-11-13-15-17-19-21-23-28-38(43)45-36-34-42(33-26-25-31-41-32-27-30-40)35-37-46-39(44)29-24-22-20-18-16-14-12-10-8-6-4-2/h41H,3-37,40H2,1-2H3. The van der Waals surface area contributed by atoms with Crippen LogP contribution in [0.25, 0.3) is 0 Å². The van der Waals surface area contributed by atoms with Gasteiger partial charge in [0, 0.05) is 25.9 Å². The van der Waals surface area contributed by atoms with Crippen molar-refractivity contribution in [3.63, 3.8) is 0 Å². The minimum atomic E-state index is -0.0848. The Morgan fingerprint density at radius 3 is 1.24 bits per heavy atom. The van der Waals surface area contributed by atoms with Gasteiger partial charge >= 0.3 is 11.9 Å². The van der Waals surface area contributed by atoms with Gasteiger partial charge in [0.05, 0.1) is 0 Å². The Labute approximate surface area is 286 Å². The summed E-state index contributed by atoms with van der Waals surface area (Å²) in [5.74, 6) is -0.170. The summed E-state index contributed by atoms with van der Waals surface area (Å²) in [5, 5.41) is 3.43. The fraction of sp³-hybridized carbons (Fsp3) is 0.949. The van der Waals surface area contributed by atoms with Crippen LogP contribution in [0.2, 0.25) is 0 Å². The van der Waals surface area contributed by atoms with Crippen molar-refractivity contribution in [1.82, 2.24) is 10.2 Å². The second-order valence-corrected chi connectivity index (χ2v) is 13.5. The predicted molar refractivity (Wildman–Crippen MR) is 196 cm³/mol. The van der Waals surface area contributed by atoms with Crippen molar-refractivity contribution in [3.05, 3.63) is 0 Å². The van der Waals surface area contributed by atoms with Gasteiger partial charge in [-0.1, -0.05) is 142 Å². The third kappa shape index (κ3) is 35.7. The van der Waals surface area contributed by atoms with Crippen molar-refractivity contribution in [3.8, 4) is 0 Å². The molecular weight excluding hydrogens is 574 g/mol. The zero-order valence-corrected chi connectivity index (χ0v) is 30.9. The fourth-order valence-electron chi connectivity index (χ4n) is 5.86. The number of hydrogen-bond donors (Lipinski definition) is 2. The van der Waals surface area contributed by atoms with Crippen LogP contribution >= 0.6 is 0 Å². The molecule has 0 saturated heterocycles. The van der Waals surface area contributed by atoms with Gasteiger partial charge < -0.3 is 20.5 Å². The van der Waals surface area contributed by atoms with E-state index in [1.165, 1.54) is 116 Å². The highest BCUT2D eigenvalue weighted by Gasteiger charge is 2.10. The Kier molecular flexibility index (Phi) is 37.3. The Hall–Kier alpha value is -1.18. The SMILES string of the molecule is CCCCCCCCCCCCCC(=O)OCCN(CCCCNCCCN)CCOC(=O)CCCCCCCCCCCCC. The molecule has 0 aromatic heterocycles. The Morgan fingerprint density at radius 2 is 0.848 bits per heavy atom. The molecule has 0 unspecified atom stereocenters. The number of carbonyl (C=O) groups is 2. The molecule has 0 saturated carbocycles. The quantitative estimate of drug-likeness (QED) is 0.0506. The first kappa shape index (κ1) is 44.8. The topological polar surface area (TPSA) is 93.9 Å². The highest BCUT2D eigenvalue weighted by Crippen LogP contribution is 2.13. The summed E-state index contributed by atoms with van der Waals surface area (Å²) in [4.78, 5) is 26.9. The highest BCUT2D eigenvalue weighted by atomic mass is 16.5. The third-order valence-corrected chi connectivity index (χ3v) is 8.95. The first-order chi connectivity index (χ1) is 22.6. The van der Waals surface area contributed by atoms with Gasteiger partial charge in [-0.05, 0) is 58.3 Å². The van der Waals surface area contributed by atoms with Gasteiger partial charge in [-0.15, -0.1) is 0 Å². The average molecular weight is 654 g/mol. The number of esters is 2. The molecule has 46 heavy (non-hydrogen) atoms. The molecule has 0 spiro atoms. The molecule has 274 valence electrons. The monoisotopic (exact) mass is 654 g/mol. The summed E-state index contributed by atoms with van der Waals surface area (Å²) in [6.07, 6.45) is 32.2. The highest BCUT2D eigenvalue weighted by molar-refractivity contribution is 5.69. The normalized spacial score (nSPS) is 11.4. The summed E-state index contributed by atoms with van der Waals surface area (Å²) in [5.41, 5.74) is 5.57. The van der Waals surface area contributed by atoms with Crippen molar-refractivity contribution in [2.24, 2.45) is 5.73 Å². The molecule has 0 amide bonds. The van der Waals surface area contributed by atoms with Crippen molar-refractivity contribution in [1.29, 1.82) is 0 Å². The van der Waals surface area contributed by atoms with Crippen LogP contribution in [0.3, 0.4) is 0 Å². The summed E-state index contributed by atoms with van der Waals surface area (Å²) < 4.78 is 11.1. The van der Waals surface area contributed by atoms with E-state index in [4.69, 9.17) is 15.2 Å². The van der Waals surface area contributed by atoms with Gasteiger partial charge in [-0.2, -0.15) is 0 Å². The van der Waals surface area contributed by atoms with Crippen LogP contribution in [0.1, 0.15) is 187 Å². The van der Waals surface area contributed by atoms with Crippen LogP contribution in [-0.4, -0.2) is 69.3 Å². The molecular formula is C39H79N3O4. The number of ether oxygens (including phenoxy) is 2. The minimum Gasteiger partial charge on any atom is -0.464 e. The molecule has 0 aromatic carbocycles. The van der Waals surface area contributed by atoms with Gasteiger partial charge in [-0.3, -0.25) is 14.5 Å². The van der Waals surface area contributed by atoms with Crippen molar-refractivity contribution < 1.29 is 19.1 Å². The molecule has 0 heterocycles. The van der Waals surface area contributed by atoms with Crippen molar-refractivity contribution in [2.75, 3.05) is 52.5 Å². The number of nitrogens with one attached hydrogen (secondary N) is 1. The second kappa shape index (κ2) is 38.3. The van der Waals surface area contributed by atoms with Crippen LogP contribution in [0, 0.1) is 0 Å². The lowest BCUT2D eigenvalue weighted by molar-refractivity contribution is -0.144. The van der Waals surface area contributed by atoms with Crippen LogP contribution < -0.4 is 11.1 Å². The minimum absolute atomic E-state index is 0.0848. The maximum atomic E-state index is 12.3. The van der Waals surface area contributed by atoms with E-state index < -0.39 is 0 Å². The first-order valence-corrected chi connectivity index (χ1v) is 20.1. The molecule has 0 aliphatic carbocycles. The number of nitrogens with two attached hydrogens (primary N) is 1. The van der Waals surface area contributed by atoms with Gasteiger partial charge in [0.1, 0.15) is 13.2 Å². The van der Waals surface area contributed by atoms with E-state index in [9.17, 15) is 9.59 Å². The molecule has 0 atom stereocenters. The van der Waals surface area contributed by atoms with Gasteiger partial charge in [0.25, 0.3) is 0 Å². The maximum Gasteiger partial charge on any atom is 0.305 e. The zero-order chi connectivity index (χ0) is 33.6. The Morgan fingerprint density at radius 1 is 0.478 bits per heavy atom. The number of nitrogens with zero attached hydrogens (tertiary/aromatic N) is 1. The average Bonchev–Trinajstić information content (AvgIpc) is 3.05.